The van der Waals surface area contributed by atoms with Gasteiger partial charge >= 0.3 is 0 Å². The van der Waals surface area contributed by atoms with E-state index in [2.05, 4.69) is 23.1 Å². The summed E-state index contributed by atoms with van der Waals surface area (Å²) in [7, 11) is 0. The Balaban J connectivity index is 2.42. The number of nitrogens with one attached hydrogen (secondary N) is 2. The van der Waals surface area contributed by atoms with Crippen LogP contribution in [0.5, 0.6) is 0 Å². The summed E-state index contributed by atoms with van der Waals surface area (Å²) >= 11 is 4.51. The van der Waals surface area contributed by atoms with Gasteiger partial charge in [0.2, 0.25) is 0 Å². The largest absolute Gasteiger partial charge is 0.388 e. The van der Waals surface area contributed by atoms with Crippen LogP contribution in [-0.4, -0.2) is 51.6 Å². The minimum absolute atomic E-state index is 0.0126. The number of nitrogens with two attached hydrogens (primary N) is 1. The Kier molecular flexibility index (Phi) is 3.98. The third-order valence-electron chi connectivity index (χ3n) is 1.84. The van der Waals surface area contributed by atoms with E-state index in [0.717, 1.165) is 0 Å². The summed E-state index contributed by atoms with van der Waals surface area (Å²) in [6.45, 7) is -0.0745. The predicted octanol–water partition coefficient (Wildman–Crippen LogP) is -3.24. The quantitative estimate of drug-likeness (QED) is 0.213. The Morgan fingerprint density at radius 2 is 2.00 bits per heavy atom. The Morgan fingerprint density at radius 3 is 2.57 bits per heavy atom. The van der Waals surface area contributed by atoms with Gasteiger partial charge in [-0.2, -0.15) is 0 Å². The number of ether oxygens (including phenoxy) is 1. The number of hydrazine groups is 1. The third-order valence-corrected chi connectivity index (χ3v) is 1.94. The lowest BCUT2D eigenvalue weighted by atomic mass is 10.1. The molecule has 4 atom stereocenters. The second kappa shape index (κ2) is 4.82. The van der Waals surface area contributed by atoms with Crippen molar-refractivity contribution in [2.24, 2.45) is 5.73 Å². The molecule has 1 saturated heterocycles. The van der Waals surface area contributed by atoms with Gasteiger partial charge in [0.25, 0.3) is 0 Å². The number of hydrogen-bond acceptors (Lipinski definition) is 6. The Hall–Kier alpha value is -0.510. The maximum absolute atomic E-state index is 9.40. The Morgan fingerprint density at radius 1 is 1.36 bits per heavy atom. The molecule has 0 amide bonds. The topological polar surface area (TPSA) is 120 Å². The number of aliphatic hydroxyl groups excluding tert-OH is 3. The fourth-order valence-corrected chi connectivity index (χ4v) is 1.13. The van der Waals surface area contributed by atoms with Crippen LogP contribution in [0.15, 0.2) is 0 Å². The standard InChI is InChI=1S/C6H13N3O4S/c7-6(14)9-8-5-4(12)3(11)2(10)1-13-5/h2-5,8,10-12H,1H2,(H3,7,9,14)/t2-,3-,4+,5+/m0/s1. The van der Waals surface area contributed by atoms with E-state index in [-0.39, 0.29) is 11.7 Å². The molecule has 0 aliphatic carbocycles. The van der Waals surface area contributed by atoms with Crippen LogP contribution in [0.1, 0.15) is 0 Å². The van der Waals surface area contributed by atoms with Crippen LogP contribution in [-0.2, 0) is 4.74 Å². The average molecular weight is 223 g/mol. The maximum Gasteiger partial charge on any atom is 0.178 e. The highest BCUT2D eigenvalue weighted by Crippen LogP contribution is 2.12. The molecule has 1 rings (SSSR count). The van der Waals surface area contributed by atoms with Crippen LogP contribution in [0.2, 0.25) is 0 Å². The van der Waals surface area contributed by atoms with Crippen molar-refractivity contribution in [3.63, 3.8) is 0 Å². The number of thiocarbonyl (C=S) groups is 1. The predicted molar refractivity (Wildman–Crippen MR) is 50.8 cm³/mol. The van der Waals surface area contributed by atoms with E-state index in [0.29, 0.717) is 0 Å². The van der Waals surface area contributed by atoms with Gasteiger partial charge in [0.1, 0.15) is 18.3 Å². The highest BCUT2D eigenvalue weighted by Gasteiger charge is 2.37. The van der Waals surface area contributed by atoms with Crippen LogP contribution in [0, 0.1) is 0 Å². The fourth-order valence-electron chi connectivity index (χ4n) is 1.08. The van der Waals surface area contributed by atoms with E-state index < -0.39 is 24.5 Å². The molecular weight excluding hydrogens is 210 g/mol. The molecule has 0 aromatic heterocycles. The first-order valence-corrected chi connectivity index (χ1v) is 4.40. The summed E-state index contributed by atoms with van der Waals surface area (Å²) in [5.41, 5.74) is 9.95. The summed E-state index contributed by atoms with van der Waals surface area (Å²) in [5, 5.41) is 27.8. The summed E-state index contributed by atoms with van der Waals surface area (Å²) in [5.74, 6) is 0. The van der Waals surface area contributed by atoms with Crippen molar-refractivity contribution in [2.75, 3.05) is 6.61 Å². The van der Waals surface area contributed by atoms with Gasteiger partial charge in [0, 0.05) is 0 Å². The molecule has 8 heteroatoms. The van der Waals surface area contributed by atoms with Gasteiger partial charge in [-0.15, -0.1) is 0 Å². The molecule has 0 saturated carbocycles. The van der Waals surface area contributed by atoms with Crippen molar-refractivity contribution in [2.45, 2.75) is 24.5 Å². The lowest BCUT2D eigenvalue weighted by molar-refractivity contribution is -0.196. The van der Waals surface area contributed by atoms with Gasteiger partial charge in [0.15, 0.2) is 11.3 Å². The van der Waals surface area contributed by atoms with Crippen LogP contribution < -0.4 is 16.6 Å². The van der Waals surface area contributed by atoms with E-state index in [1.54, 1.807) is 0 Å². The van der Waals surface area contributed by atoms with Gasteiger partial charge in [-0.05, 0) is 12.2 Å². The first-order valence-electron chi connectivity index (χ1n) is 3.99. The zero-order chi connectivity index (χ0) is 10.7. The molecule has 1 aliphatic heterocycles. The summed E-state index contributed by atoms with van der Waals surface area (Å²) in [4.78, 5) is 0. The minimum atomic E-state index is -1.26. The van der Waals surface area contributed by atoms with Gasteiger partial charge in [-0.3, -0.25) is 5.43 Å². The maximum atomic E-state index is 9.40. The molecule has 0 unspecified atom stereocenters. The van der Waals surface area contributed by atoms with E-state index >= 15 is 0 Å². The van der Waals surface area contributed by atoms with E-state index in [1.807, 2.05) is 0 Å². The van der Waals surface area contributed by atoms with E-state index in [4.69, 9.17) is 15.6 Å². The van der Waals surface area contributed by atoms with Gasteiger partial charge < -0.3 is 25.8 Å². The molecule has 0 aromatic rings. The molecule has 14 heavy (non-hydrogen) atoms. The van der Waals surface area contributed by atoms with Crippen LogP contribution in [0.3, 0.4) is 0 Å². The van der Waals surface area contributed by atoms with Crippen molar-refractivity contribution in [3.05, 3.63) is 0 Å². The van der Waals surface area contributed by atoms with Crippen LogP contribution in [0.25, 0.3) is 0 Å². The third kappa shape index (κ3) is 2.74. The van der Waals surface area contributed by atoms with Crippen molar-refractivity contribution in [1.29, 1.82) is 0 Å². The van der Waals surface area contributed by atoms with Gasteiger partial charge in [-0.1, -0.05) is 0 Å². The number of rotatable bonds is 2. The fraction of sp³-hybridized carbons (Fsp3) is 0.833. The summed E-state index contributed by atoms with van der Waals surface area (Å²) < 4.78 is 4.97. The molecule has 0 bridgehead atoms. The lowest BCUT2D eigenvalue weighted by Crippen LogP contribution is -2.61. The van der Waals surface area contributed by atoms with Gasteiger partial charge in [0.05, 0.1) is 6.61 Å². The van der Waals surface area contributed by atoms with Crippen molar-refractivity contribution >= 4 is 17.3 Å². The molecule has 7 nitrogen and oxygen atoms in total. The average Bonchev–Trinajstić information content (AvgIpc) is 2.13. The van der Waals surface area contributed by atoms with Crippen LogP contribution >= 0.6 is 12.2 Å². The van der Waals surface area contributed by atoms with E-state index in [9.17, 15) is 10.2 Å². The summed E-state index contributed by atoms with van der Waals surface area (Å²) in [6.07, 6.45) is -4.46. The van der Waals surface area contributed by atoms with Crippen molar-refractivity contribution in [1.82, 2.24) is 10.9 Å². The summed E-state index contributed by atoms with van der Waals surface area (Å²) in [6, 6.07) is 0. The first kappa shape index (κ1) is 11.6. The molecule has 7 N–H and O–H groups in total. The Labute approximate surface area is 85.8 Å². The second-order valence-corrected chi connectivity index (χ2v) is 3.38. The number of aliphatic hydroxyl groups is 3. The smallest absolute Gasteiger partial charge is 0.178 e. The highest BCUT2D eigenvalue weighted by atomic mass is 32.1. The molecule has 82 valence electrons. The number of hydrogen-bond donors (Lipinski definition) is 6. The second-order valence-electron chi connectivity index (χ2n) is 2.94. The zero-order valence-electron chi connectivity index (χ0n) is 7.25. The minimum Gasteiger partial charge on any atom is -0.388 e. The van der Waals surface area contributed by atoms with Gasteiger partial charge in [-0.25, -0.2) is 5.43 Å². The van der Waals surface area contributed by atoms with Crippen molar-refractivity contribution in [3.8, 4) is 0 Å². The highest BCUT2D eigenvalue weighted by molar-refractivity contribution is 7.80. The molecule has 1 heterocycles. The molecule has 0 radical (unpaired) electrons. The monoisotopic (exact) mass is 223 g/mol. The molecule has 0 spiro atoms. The molecule has 1 fully saturated rings. The SMILES string of the molecule is NC(=S)NN[C@@H]1OC[C@H](O)[C@H](O)[C@H]1O. The molecule has 0 aromatic carbocycles. The first-order chi connectivity index (χ1) is 6.52. The van der Waals surface area contributed by atoms with E-state index in [1.165, 1.54) is 0 Å². The normalized spacial score (nSPS) is 37.9. The van der Waals surface area contributed by atoms with Crippen molar-refractivity contribution < 1.29 is 20.1 Å². The van der Waals surface area contributed by atoms with Crippen LogP contribution in [0.4, 0.5) is 0 Å². The molecular formula is C6H13N3O4S. The molecule has 1 aliphatic rings. The lowest BCUT2D eigenvalue weighted by Gasteiger charge is -2.35. The Bertz CT molecular complexity index is 217. The zero-order valence-corrected chi connectivity index (χ0v) is 8.07.